The molecule has 1 N–H and O–H groups in total. The molecule has 1 heterocycles. The predicted octanol–water partition coefficient (Wildman–Crippen LogP) is 3.01. The molecule has 1 atom stereocenters. The van der Waals surface area contributed by atoms with Crippen molar-refractivity contribution in [3.63, 3.8) is 0 Å². The minimum absolute atomic E-state index is 0.374. The van der Waals surface area contributed by atoms with E-state index in [1.165, 1.54) is 0 Å². The van der Waals surface area contributed by atoms with Crippen molar-refractivity contribution >= 4 is 17.4 Å². The highest BCUT2D eigenvalue weighted by Gasteiger charge is 2.17. The molecule has 120 valence electrons. The number of hydrogen-bond donors (Lipinski definition) is 1. The molecule has 0 amide bonds. The lowest BCUT2D eigenvalue weighted by molar-refractivity contribution is 0.372. The predicted molar refractivity (Wildman–Crippen MR) is 92.3 cm³/mol. The summed E-state index contributed by atoms with van der Waals surface area (Å²) in [6.07, 6.45) is 3.06. The monoisotopic (exact) mass is 312 g/mol. The Kier molecular flexibility index (Phi) is 8.01. The zero-order valence-electron chi connectivity index (χ0n) is 14.0. The van der Waals surface area contributed by atoms with E-state index in [1.54, 1.807) is 0 Å². The molecule has 0 saturated carbocycles. The van der Waals surface area contributed by atoms with Gasteiger partial charge < -0.3 is 15.1 Å². The van der Waals surface area contributed by atoms with Gasteiger partial charge in [-0.2, -0.15) is 0 Å². The molecule has 1 aromatic heterocycles. The Morgan fingerprint density at radius 3 is 2.57 bits per heavy atom. The first-order chi connectivity index (χ1) is 9.99. The van der Waals surface area contributed by atoms with Gasteiger partial charge in [-0.1, -0.05) is 18.5 Å². The highest BCUT2D eigenvalue weighted by Crippen LogP contribution is 2.25. The first kappa shape index (κ1) is 18.2. The van der Waals surface area contributed by atoms with Gasteiger partial charge in [0.15, 0.2) is 0 Å². The molecule has 0 aliphatic heterocycles. The van der Waals surface area contributed by atoms with E-state index < -0.39 is 0 Å². The second-order valence-electron chi connectivity index (χ2n) is 5.72. The summed E-state index contributed by atoms with van der Waals surface area (Å²) in [6, 6.07) is 2.40. The van der Waals surface area contributed by atoms with Crippen LogP contribution in [0.25, 0.3) is 0 Å². The number of likely N-dealkylation sites (N-methyl/N-ethyl adjacent to an activating group) is 2. The third-order valence-corrected chi connectivity index (χ3v) is 3.69. The average molecular weight is 313 g/mol. The van der Waals surface area contributed by atoms with Crippen LogP contribution in [0.3, 0.4) is 0 Å². The van der Waals surface area contributed by atoms with Crippen LogP contribution >= 0.6 is 11.6 Å². The highest BCUT2D eigenvalue weighted by molar-refractivity contribution is 6.33. The standard InChI is InChI=1S/C16H29ClN4/c1-6-8-18-10-14-9-15(17)16(19-11-14)21(7-2)13(3)12-20(4)5/h9,11,13,18H,6-8,10,12H2,1-5H3. The molecular formula is C16H29ClN4. The molecule has 0 saturated heterocycles. The van der Waals surface area contributed by atoms with Crippen LogP contribution in [0.15, 0.2) is 12.3 Å². The van der Waals surface area contributed by atoms with Gasteiger partial charge >= 0.3 is 0 Å². The Labute approximate surface area is 134 Å². The van der Waals surface area contributed by atoms with Gasteiger partial charge in [0.25, 0.3) is 0 Å². The van der Waals surface area contributed by atoms with Gasteiger partial charge in [0.2, 0.25) is 0 Å². The topological polar surface area (TPSA) is 31.4 Å². The van der Waals surface area contributed by atoms with Gasteiger partial charge in [-0.25, -0.2) is 4.98 Å². The number of nitrogens with zero attached hydrogens (tertiary/aromatic N) is 3. The lowest BCUT2D eigenvalue weighted by Crippen LogP contribution is -2.40. The molecular weight excluding hydrogens is 284 g/mol. The highest BCUT2D eigenvalue weighted by atomic mass is 35.5. The van der Waals surface area contributed by atoms with E-state index in [0.29, 0.717) is 6.04 Å². The van der Waals surface area contributed by atoms with Gasteiger partial charge in [0.1, 0.15) is 5.82 Å². The minimum atomic E-state index is 0.374. The fourth-order valence-electron chi connectivity index (χ4n) is 2.49. The Morgan fingerprint density at radius 1 is 1.33 bits per heavy atom. The Hall–Kier alpha value is -0.840. The maximum absolute atomic E-state index is 6.45. The summed E-state index contributed by atoms with van der Waals surface area (Å²) in [5, 5.41) is 4.11. The van der Waals surface area contributed by atoms with Crippen molar-refractivity contribution in [2.45, 2.75) is 39.8 Å². The quantitative estimate of drug-likeness (QED) is 0.710. The lowest BCUT2D eigenvalue weighted by Gasteiger charge is -2.31. The molecule has 1 rings (SSSR count). The SMILES string of the molecule is CCCNCc1cnc(N(CC)C(C)CN(C)C)c(Cl)c1. The van der Waals surface area contributed by atoms with Crippen LogP contribution < -0.4 is 10.2 Å². The molecule has 0 bridgehead atoms. The van der Waals surface area contributed by atoms with E-state index in [4.69, 9.17) is 11.6 Å². The van der Waals surface area contributed by atoms with Crippen molar-refractivity contribution in [3.05, 3.63) is 22.8 Å². The summed E-state index contributed by atoms with van der Waals surface area (Å²) in [7, 11) is 4.17. The molecule has 0 spiro atoms. The van der Waals surface area contributed by atoms with Crippen LogP contribution in [0, 0.1) is 0 Å². The molecule has 0 aromatic carbocycles. The van der Waals surface area contributed by atoms with Crippen LogP contribution in [0.2, 0.25) is 5.02 Å². The van der Waals surface area contributed by atoms with Gasteiger partial charge in [-0.3, -0.25) is 0 Å². The van der Waals surface area contributed by atoms with Crippen LogP contribution in [0.1, 0.15) is 32.8 Å². The summed E-state index contributed by atoms with van der Waals surface area (Å²) < 4.78 is 0. The molecule has 0 aliphatic carbocycles. The maximum Gasteiger partial charge on any atom is 0.147 e. The van der Waals surface area contributed by atoms with E-state index in [0.717, 1.165) is 49.0 Å². The van der Waals surface area contributed by atoms with Gasteiger partial charge in [0.05, 0.1) is 5.02 Å². The van der Waals surface area contributed by atoms with Gasteiger partial charge in [-0.15, -0.1) is 0 Å². The third-order valence-electron chi connectivity index (χ3n) is 3.41. The first-order valence-corrected chi connectivity index (χ1v) is 8.13. The Morgan fingerprint density at radius 2 is 2.05 bits per heavy atom. The Balaban J connectivity index is 2.81. The van der Waals surface area contributed by atoms with Gasteiger partial charge in [-0.05, 0) is 52.5 Å². The van der Waals surface area contributed by atoms with E-state index >= 15 is 0 Å². The van der Waals surface area contributed by atoms with E-state index in [-0.39, 0.29) is 0 Å². The maximum atomic E-state index is 6.45. The largest absolute Gasteiger partial charge is 0.352 e. The molecule has 0 radical (unpaired) electrons. The number of nitrogens with one attached hydrogen (secondary N) is 1. The van der Waals surface area contributed by atoms with E-state index in [2.05, 4.69) is 55.0 Å². The van der Waals surface area contributed by atoms with Crippen molar-refractivity contribution in [1.29, 1.82) is 0 Å². The molecule has 1 aromatic rings. The fourth-order valence-corrected chi connectivity index (χ4v) is 2.78. The normalized spacial score (nSPS) is 12.7. The second kappa shape index (κ2) is 9.23. The molecule has 1 unspecified atom stereocenters. The number of hydrogen-bond acceptors (Lipinski definition) is 4. The molecule has 0 aliphatic rings. The average Bonchev–Trinajstić information content (AvgIpc) is 2.41. The van der Waals surface area contributed by atoms with Crippen molar-refractivity contribution < 1.29 is 0 Å². The fraction of sp³-hybridized carbons (Fsp3) is 0.688. The molecule has 5 heteroatoms. The summed E-state index contributed by atoms with van der Waals surface area (Å²) in [4.78, 5) is 9.03. The molecule has 0 fully saturated rings. The zero-order chi connectivity index (χ0) is 15.8. The molecule has 21 heavy (non-hydrogen) atoms. The van der Waals surface area contributed by atoms with Crippen molar-refractivity contribution in [2.75, 3.05) is 38.6 Å². The third kappa shape index (κ3) is 5.81. The lowest BCUT2D eigenvalue weighted by atomic mass is 10.2. The van der Waals surface area contributed by atoms with Crippen LogP contribution in [0.4, 0.5) is 5.82 Å². The number of anilines is 1. The number of pyridine rings is 1. The van der Waals surface area contributed by atoms with Crippen molar-refractivity contribution in [1.82, 2.24) is 15.2 Å². The van der Waals surface area contributed by atoms with Crippen LogP contribution in [-0.4, -0.2) is 49.7 Å². The summed E-state index contributed by atoms with van der Waals surface area (Å²) >= 11 is 6.45. The summed E-state index contributed by atoms with van der Waals surface area (Å²) in [5.41, 5.74) is 1.13. The van der Waals surface area contributed by atoms with Crippen molar-refractivity contribution in [3.8, 4) is 0 Å². The Bertz CT molecular complexity index is 423. The summed E-state index contributed by atoms with van der Waals surface area (Å²) in [5.74, 6) is 0.882. The molecule has 4 nitrogen and oxygen atoms in total. The number of aromatic nitrogens is 1. The number of halogens is 1. The van der Waals surface area contributed by atoms with Gasteiger partial charge in [0, 0.05) is 31.9 Å². The van der Waals surface area contributed by atoms with Crippen molar-refractivity contribution in [2.24, 2.45) is 0 Å². The minimum Gasteiger partial charge on any atom is -0.352 e. The first-order valence-electron chi connectivity index (χ1n) is 7.76. The van der Waals surface area contributed by atoms with Crippen LogP contribution in [0.5, 0.6) is 0 Å². The second-order valence-corrected chi connectivity index (χ2v) is 6.13. The summed E-state index contributed by atoms with van der Waals surface area (Å²) in [6.45, 7) is 10.2. The zero-order valence-corrected chi connectivity index (χ0v) is 14.7. The number of rotatable bonds is 9. The smallest absolute Gasteiger partial charge is 0.147 e. The van der Waals surface area contributed by atoms with E-state index in [1.807, 2.05) is 12.3 Å². The van der Waals surface area contributed by atoms with Crippen LogP contribution in [-0.2, 0) is 6.54 Å². The van der Waals surface area contributed by atoms with E-state index in [9.17, 15) is 0 Å².